The van der Waals surface area contributed by atoms with E-state index in [1.807, 2.05) is 0 Å². The number of hydrogen-bond acceptors (Lipinski definition) is 4. The van der Waals surface area contributed by atoms with Crippen molar-refractivity contribution in [1.29, 1.82) is 0 Å². The number of rotatable bonds is 5. The number of halogens is 2. The van der Waals surface area contributed by atoms with E-state index in [1.165, 1.54) is 11.1 Å². The van der Waals surface area contributed by atoms with Crippen molar-refractivity contribution in [2.24, 2.45) is 0 Å². The lowest BCUT2D eigenvalue weighted by atomic mass is 9.88. The Kier molecular flexibility index (Phi) is 5.13. The predicted octanol–water partition coefficient (Wildman–Crippen LogP) is 4.40. The number of hydrogen-bond donors (Lipinski definition) is 1. The van der Waals surface area contributed by atoms with Crippen molar-refractivity contribution < 1.29 is 14.7 Å². The van der Waals surface area contributed by atoms with Crippen LogP contribution in [-0.4, -0.2) is 21.8 Å². The molecule has 1 aromatic heterocycles. The maximum atomic E-state index is 13.3. The Labute approximate surface area is 177 Å². The number of para-hydroxylation sites is 1. The second-order valence-corrected chi connectivity index (χ2v) is 7.67. The van der Waals surface area contributed by atoms with E-state index in [0.717, 1.165) is 5.56 Å². The van der Waals surface area contributed by atoms with Gasteiger partial charge in [-0.2, -0.15) is 0 Å². The summed E-state index contributed by atoms with van der Waals surface area (Å²) in [5.41, 5.74) is 0.117. The lowest BCUT2D eigenvalue weighted by molar-refractivity contribution is -0.136. The van der Waals surface area contributed by atoms with Crippen molar-refractivity contribution in [3.63, 3.8) is 0 Å². The minimum atomic E-state index is -1.94. The summed E-state index contributed by atoms with van der Waals surface area (Å²) in [6.07, 6.45) is 2.61. The normalized spacial score (nSPS) is 18.0. The third-order valence-electron chi connectivity index (χ3n) is 4.96. The van der Waals surface area contributed by atoms with E-state index in [0.29, 0.717) is 26.9 Å². The fourth-order valence-electron chi connectivity index (χ4n) is 3.52. The molecule has 0 spiro atoms. The predicted molar refractivity (Wildman–Crippen MR) is 111 cm³/mol. The minimum absolute atomic E-state index is 0.191. The van der Waals surface area contributed by atoms with E-state index >= 15 is 0 Å². The number of aromatic nitrogens is 1. The van der Waals surface area contributed by atoms with Gasteiger partial charge in [-0.1, -0.05) is 47.5 Å². The molecule has 0 fully saturated rings. The maximum absolute atomic E-state index is 13.3. The minimum Gasteiger partial charge on any atom is -0.375 e. The molecule has 0 radical (unpaired) electrons. The highest BCUT2D eigenvalue weighted by atomic mass is 35.5. The van der Waals surface area contributed by atoms with E-state index < -0.39 is 11.5 Å². The van der Waals surface area contributed by atoms with Gasteiger partial charge >= 0.3 is 0 Å². The molecule has 1 atom stereocenters. The molecule has 4 rings (SSSR count). The quantitative estimate of drug-likeness (QED) is 0.613. The van der Waals surface area contributed by atoms with Crippen molar-refractivity contribution >= 4 is 40.6 Å². The molecule has 3 aromatic rings. The molecule has 1 aliphatic heterocycles. The SMILES string of the molecule is O=C(C[C@]1(O)C(=O)N(Cc2ccc(Cl)c(Cl)c2)c2ccccc21)c1cccnc1. The lowest BCUT2D eigenvalue weighted by Crippen LogP contribution is -2.41. The van der Waals surface area contributed by atoms with Crippen LogP contribution in [0.4, 0.5) is 5.69 Å². The number of nitrogens with zero attached hydrogens (tertiary/aromatic N) is 2. The van der Waals surface area contributed by atoms with Crippen molar-refractivity contribution in [2.75, 3.05) is 4.90 Å². The van der Waals surface area contributed by atoms with E-state index in [1.54, 1.807) is 60.8 Å². The average Bonchev–Trinajstić information content (AvgIpc) is 2.93. The molecule has 0 aliphatic carbocycles. The number of aliphatic hydroxyl groups is 1. The number of pyridine rings is 1. The largest absolute Gasteiger partial charge is 0.375 e. The molecule has 7 heteroatoms. The monoisotopic (exact) mass is 426 g/mol. The van der Waals surface area contributed by atoms with Crippen molar-refractivity contribution in [1.82, 2.24) is 4.98 Å². The molecule has 0 unspecified atom stereocenters. The molecule has 2 aromatic carbocycles. The first kappa shape index (κ1) is 19.6. The molecule has 2 heterocycles. The van der Waals surface area contributed by atoms with E-state index in [-0.39, 0.29) is 18.7 Å². The second-order valence-electron chi connectivity index (χ2n) is 6.86. The first-order chi connectivity index (χ1) is 13.9. The number of ketones is 1. The Balaban J connectivity index is 1.68. The van der Waals surface area contributed by atoms with Gasteiger partial charge in [0.05, 0.1) is 28.7 Å². The standard InChI is InChI=1S/C22H16Cl2N2O3/c23-17-8-7-14(10-18(17)24)13-26-19-6-2-1-5-16(19)22(29,21(26)28)11-20(27)15-4-3-9-25-12-15/h1-10,12,29H,11,13H2/t22-/m1/s1. The summed E-state index contributed by atoms with van der Waals surface area (Å²) < 4.78 is 0. The van der Waals surface area contributed by atoms with Crippen LogP contribution >= 0.6 is 23.2 Å². The Morgan fingerprint density at radius 2 is 1.86 bits per heavy atom. The summed E-state index contributed by atoms with van der Waals surface area (Å²) in [4.78, 5) is 31.4. The summed E-state index contributed by atoms with van der Waals surface area (Å²) in [5, 5.41) is 12.1. The fourth-order valence-corrected chi connectivity index (χ4v) is 3.84. The van der Waals surface area contributed by atoms with Crippen LogP contribution in [0.1, 0.15) is 27.9 Å². The number of amides is 1. The topological polar surface area (TPSA) is 70.5 Å². The highest BCUT2D eigenvalue weighted by Crippen LogP contribution is 2.43. The molecule has 1 N–H and O–H groups in total. The van der Waals surface area contributed by atoms with Crippen LogP contribution in [0.3, 0.4) is 0 Å². The number of fused-ring (bicyclic) bond motifs is 1. The highest BCUT2D eigenvalue weighted by Gasteiger charge is 2.50. The van der Waals surface area contributed by atoms with Crippen molar-refractivity contribution in [3.8, 4) is 0 Å². The zero-order valence-corrected chi connectivity index (χ0v) is 16.7. The van der Waals surface area contributed by atoms with E-state index in [9.17, 15) is 14.7 Å². The molecule has 1 amide bonds. The van der Waals surface area contributed by atoms with E-state index in [2.05, 4.69) is 4.98 Å². The average molecular weight is 427 g/mol. The van der Waals surface area contributed by atoms with E-state index in [4.69, 9.17) is 23.2 Å². The summed E-state index contributed by atoms with van der Waals surface area (Å²) in [6.45, 7) is 0.191. The number of Topliss-reactive ketones (excluding diaryl/α,β-unsaturated/α-hetero) is 1. The molecule has 0 saturated carbocycles. The van der Waals surface area contributed by atoms with Crippen LogP contribution in [0.25, 0.3) is 0 Å². The van der Waals surface area contributed by atoms with Gasteiger partial charge in [-0.15, -0.1) is 0 Å². The van der Waals surface area contributed by atoms with Crippen LogP contribution in [0.5, 0.6) is 0 Å². The van der Waals surface area contributed by atoms with Gasteiger partial charge in [0.25, 0.3) is 5.91 Å². The third-order valence-corrected chi connectivity index (χ3v) is 5.70. The summed E-state index contributed by atoms with van der Waals surface area (Å²) >= 11 is 12.1. The summed E-state index contributed by atoms with van der Waals surface area (Å²) in [5.74, 6) is -0.915. The van der Waals surface area contributed by atoms with Crippen molar-refractivity contribution in [2.45, 2.75) is 18.6 Å². The van der Waals surface area contributed by atoms with Crippen LogP contribution in [-0.2, 0) is 16.9 Å². The Morgan fingerprint density at radius 3 is 2.59 bits per heavy atom. The van der Waals surface area contributed by atoms with Crippen LogP contribution in [0, 0.1) is 0 Å². The summed E-state index contributed by atoms with van der Waals surface area (Å²) in [7, 11) is 0. The van der Waals surface area contributed by atoms with Gasteiger partial charge in [0, 0.05) is 23.5 Å². The molecule has 29 heavy (non-hydrogen) atoms. The van der Waals surface area contributed by atoms with Gasteiger partial charge in [0.2, 0.25) is 0 Å². The molecule has 5 nitrogen and oxygen atoms in total. The molecule has 0 bridgehead atoms. The zero-order valence-electron chi connectivity index (χ0n) is 15.2. The summed E-state index contributed by atoms with van der Waals surface area (Å²) in [6, 6.07) is 15.3. The zero-order chi connectivity index (χ0) is 20.6. The molecular formula is C22H16Cl2N2O3. The molecular weight excluding hydrogens is 411 g/mol. The fraction of sp³-hybridized carbons (Fsp3) is 0.136. The third kappa shape index (κ3) is 3.53. The first-order valence-electron chi connectivity index (χ1n) is 8.91. The highest BCUT2D eigenvalue weighted by molar-refractivity contribution is 6.42. The van der Waals surface area contributed by atoms with Gasteiger partial charge in [-0.3, -0.25) is 14.6 Å². The van der Waals surface area contributed by atoms with Crippen molar-refractivity contribution in [3.05, 3.63) is 93.7 Å². The number of benzene rings is 2. The van der Waals surface area contributed by atoms with Gasteiger partial charge < -0.3 is 10.0 Å². The lowest BCUT2D eigenvalue weighted by Gasteiger charge is -2.23. The molecule has 146 valence electrons. The molecule has 1 aliphatic rings. The van der Waals surface area contributed by atoms with Crippen LogP contribution < -0.4 is 4.90 Å². The van der Waals surface area contributed by atoms with Gasteiger partial charge in [-0.05, 0) is 35.9 Å². The van der Waals surface area contributed by atoms with Crippen LogP contribution in [0.2, 0.25) is 10.0 Å². The van der Waals surface area contributed by atoms with Gasteiger partial charge in [-0.25, -0.2) is 0 Å². The smallest absolute Gasteiger partial charge is 0.264 e. The Bertz CT molecular complexity index is 1100. The number of carbonyl (C=O) groups is 2. The van der Waals surface area contributed by atoms with Crippen LogP contribution in [0.15, 0.2) is 67.0 Å². The Morgan fingerprint density at radius 1 is 1.07 bits per heavy atom. The van der Waals surface area contributed by atoms with Gasteiger partial charge in [0.15, 0.2) is 11.4 Å². The molecule has 0 saturated heterocycles. The second kappa shape index (κ2) is 7.59. The van der Waals surface area contributed by atoms with Gasteiger partial charge in [0.1, 0.15) is 0 Å². The Hall–Kier alpha value is -2.73. The maximum Gasteiger partial charge on any atom is 0.264 e. The number of anilines is 1. The number of carbonyl (C=O) groups excluding carboxylic acids is 2. The first-order valence-corrected chi connectivity index (χ1v) is 9.67.